The van der Waals surface area contributed by atoms with E-state index < -0.39 is 6.04 Å². The molecule has 1 aliphatic rings. The lowest BCUT2D eigenvalue weighted by atomic mass is 10.0. The van der Waals surface area contributed by atoms with Gasteiger partial charge in [-0.05, 0) is 62.2 Å². The van der Waals surface area contributed by atoms with E-state index in [1.54, 1.807) is 13.3 Å². The lowest BCUT2D eigenvalue weighted by molar-refractivity contribution is 0.0993. The molecule has 0 N–H and O–H groups in total. The van der Waals surface area contributed by atoms with E-state index in [0.717, 1.165) is 28.2 Å². The first-order valence-corrected chi connectivity index (χ1v) is 12.6. The molecule has 37 heavy (non-hydrogen) atoms. The number of anilines is 1. The molecule has 190 valence electrons. The number of hydrogen-bond donors (Lipinski definition) is 0. The van der Waals surface area contributed by atoms with Gasteiger partial charge in [-0.25, -0.2) is 4.98 Å². The van der Waals surface area contributed by atoms with Crippen LogP contribution in [0.15, 0.2) is 54.7 Å². The molecule has 0 unspecified atom stereocenters. The minimum Gasteiger partial charge on any atom is -0.480 e. The molecule has 0 fully saturated rings. The molecule has 9 heteroatoms. The van der Waals surface area contributed by atoms with Gasteiger partial charge in [0.1, 0.15) is 6.04 Å². The van der Waals surface area contributed by atoms with E-state index in [4.69, 9.17) is 32.7 Å². The van der Waals surface area contributed by atoms with Crippen molar-refractivity contribution in [2.24, 2.45) is 0 Å². The number of fused-ring (bicyclic) bond motifs is 1. The maximum absolute atomic E-state index is 14.1. The van der Waals surface area contributed by atoms with Crippen LogP contribution in [-0.2, 0) is 0 Å². The molecule has 1 amide bonds. The number of methoxy groups -OCH3 is 2. The number of benzene rings is 2. The highest BCUT2D eigenvalue weighted by Gasteiger charge is 2.44. The van der Waals surface area contributed by atoms with Crippen LogP contribution in [0, 0.1) is 6.92 Å². The Hall–Kier alpha value is -3.55. The zero-order valence-corrected chi connectivity index (χ0v) is 22.6. The van der Waals surface area contributed by atoms with E-state index in [2.05, 4.69) is 28.4 Å². The predicted octanol–water partition coefficient (Wildman–Crippen LogP) is 6.91. The van der Waals surface area contributed by atoms with Crippen LogP contribution in [0.1, 0.15) is 53.1 Å². The first kappa shape index (κ1) is 25.1. The number of ether oxygens (including phenoxy) is 2. The highest BCUT2D eigenvalue weighted by molar-refractivity contribution is 6.31. The van der Waals surface area contributed by atoms with Crippen molar-refractivity contribution in [1.29, 1.82) is 0 Å². The number of hydrogen-bond acceptors (Lipinski definition) is 5. The van der Waals surface area contributed by atoms with E-state index in [1.165, 1.54) is 7.11 Å². The third kappa shape index (κ3) is 4.22. The summed E-state index contributed by atoms with van der Waals surface area (Å²) in [6, 6.07) is 14.9. The molecule has 0 spiro atoms. The Bertz CT molecular complexity index is 1500. The van der Waals surface area contributed by atoms with Crippen LogP contribution in [0.2, 0.25) is 10.0 Å². The topological polar surface area (TPSA) is 69.5 Å². The van der Waals surface area contributed by atoms with Gasteiger partial charge < -0.3 is 14.0 Å². The molecule has 0 bridgehead atoms. The fraction of sp³-hybridized carbons (Fsp3) is 0.250. The molecule has 2 aromatic heterocycles. The van der Waals surface area contributed by atoms with Gasteiger partial charge in [-0.15, -0.1) is 0 Å². The molecular weight excluding hydrogens is 511 g/mol. The maximum atomic E-state index is 14.1. The zero-order valence-electron chi connectivity index (χ0n) is 21.1. The molecule has 3 heterocycles. The normalized spacial score (nSPS) is 14.9. The summed E-state index contributed by atoms with van der Waals surface area (Å²) in [5, 5.41) is 1.19. The third-order valence-corrected chi connectivity index (χ3v) is 7.05. The number of halogens is 2. The highest BCUT2D eigenvalue weighted by atomic mass is 35.5. The molecule has 0 saturated carbocycles. The molecular formula is C28H26Cl2N4O3. The van der Waals surface area contributed by atoms with Crippen LogP contribution in [0.25, 0.3) is 11.3 Å². The van der Waals surface area contributed by atoms with Crippen LogP contribution in [0.3, 0.4) is 0 Å². The summed E-state index contributed by atoms with van der Waals surface area (Å²) < 4.78 is 12.9. The van der Waals surface area contributed by atoms with E-state index in [-0.39, 0.29) is 18.0 Å². The molecule has 0 saturated heterocycles. The van der Waals surface area contributed by atoms with E-state index in [9.17, 15) is 4.79 Å². The second-order valence-electron chi connectivity index (χ2n) is 9.13. The van der Waals surface area contributed by atoms with E-state index in [0.29, 0.717) is 27.1 Å². The van der Waals surface area contributed by atoms with Crippen molar-refractivity contribution in [2.75, 3.05) is 19.1 Å². The monoisotopic (exact) mass is 536 g/mol. The Morgan fingerprint density at radius 2 is 1.65 bits per heavy atom. The largest absolute Gasteiger partial charge is 0.480 e. The van der Waals surface area contributed by atoms with Crippen LogP contribution >= 0.6 is 23.2 Å². The lowest BCUT2D eigenvalue weighted by Gasteiger charge is -2.30. The Morgan fingerprint density at radius 3 is 2.30 bits per heavy atom. The van der Waals surface area contributed by atoms with Gasteiger partial charge in [0.05, 0.1) is 36.7 Å². The average molecular weight is 537 g/mol. The predicted molar refractivity (Wildman–Crippen MR) is 145 cm³/mol. The van der Waals surface area contributed by atoms with E-state index >= 15 is 0 Å². The number of rotatable bonds is 6. The molecule has 4 aromatic rings. The summed E-state index contributed by atoms with van der Waals surface area (Å²) in [5.41, 5.74) is 5.56. The van der Waals surface area contributed by atoms with Crippen molar-refractivity contribution in [3.8, 4) is 23.1 Å². The summed E-state index contributed by atoms with van der Waals surface area (Å²) in [4.78, 5) is 24.6. The smallest absolute Gasteiger partial charge is 0.319 e. The third-order valence-electron chi connectivity index (χ3n) is 6.56. The van der Waals surface area contributed by atoms with Gasteiger partial charge in [0, 0.05) is 28.0 Å². The molecule has 0 aliphatic carbocycles. The number of amides is 1. The number of carbonyl (C=O) groups excluding carboxylic acids is 1. The minimum atomic E-state index is -0.404. The standard InChI is InChI=1S/C28H26Cl2N4O3/c1-15(2)33-23(21-14-31-28(37-5)32-26(21)36-4)13-20-25(33)24(17-7-10-18(29)11-8-17)34(27(20)35)22-12-19(30)9-6-16(22)3/h6-15,24H,1-5H3/t24-/m0/s1. The van der Waals surface area contributed by atoms with Gasteiger partial charge in [-0.2, -0.15) is 4.98 Å². The Labute approximate surface area is 225 Å². The van der Waals surface area contributed by atoms with Gasteiger partial charge in [-0.1, -0.05) is 41.4 Å². The van der Waals surface area contributed by atoms with Gasteiger partial charge in [0.2, 0.25) is 5.88 Å². The molecule has 1 atom stereocenters. The second-order valence-corrected chi connectivity index (χ2v) is 10.0. The Kier molecular flexibility index (Phi) is 6.60. The summed E-state index contributed by atoms with van der Waals surface area (Å²) >= 11 is 12.6. The summed E-state index contributed by atoms with van der Waals surface area (Å²) in [6.45, 7) is 6.14. The highest BCUT2D eigenvalue weighted by Crippen LogP contribution is 2.48. The van der Waals surface area contributed by atoms with Gasteiger partial charge >= 0.3 is 6.01 Å². The van der Waals surface area contributed by atoms with Gasteiger partial charge in [0.15, 0.2) is 0 Å². The number of aryl methyl sites for hydroxylation is 1. The fourth-order valence-electron chi connectivity index (χ4n) is 4.95. The summed E-state index contributed by atoms with van der Waals surface area (Å²) in [7, 11) is 3.05. The molecule has 0 radical (unpaired) electrons. The van der Waals surface area contributed by atoms with Crippen LogP contribution in [0.5, 0.6) is 11.9 Å². The summed E-state index contributed by atoms with van der Waals surface area (Å²) in [5.74, 6) is 0.248. The fourth-order valence-corrected chi connectivity index (χ4v) is 5.24. The quantitative estimate of drug-likeness (QED) is 0.267. The van der Waals surface area contributed by atoms with Crippen molar-refractivity contribution in [3.63, 3.8) is 0 Å². The van der Waals surface area contributed by atoms with Crippen molar-refractivity contribution >= 4 is 34.8 Å². The summed E-state index contributed by atoms with van der Waals surface area (Å²) in [6.07, 6.45) is 1.66. The number of aromatic nitrogens is 3. The second kappa shape index (κ2) is 9.72. The molecule has 1 aliphatic heterocycles. The lowest BCUT2D eigenvalue weighted by Crippen LogP contribution is -2.30. The minimum absolute atomic E-state index is 0.00793. The van der Waals surface area contributed by atoms with Gasteiger partial charge in [-0.3, -0.25) is 9.69 Å². The number of carbonyl (C=O) groups is 1. The van der Waals surface area contributed by atoms with E-state index in [1.807, 2.05) is 60.4 Å². The van der Waals surface area contributed by atoms with Crippen LogP contribution in [0.4, 0.5) is 5.69 Å². The number of nitrogens with zero attached hydrogens (tertiary/aromatic N) is 4. The van der Waals surface area contributed by atoms with Crippen LogP contribution < -0.4 is 14.4 Å². The Morgan fingerprint density at radius 1 is 0.946 bits per heavy atom. The van der Waals surface area contributed by atoms with Crippen molar-refractivity contribution < 1.29 is 14.3 Å². The molecule has 5 rings (SSSR count). The van der Waals surface area contributed by atoms with Crippen LogP contribution in [-0.4, -0.2) is 34.7 Å². The maximum Gasteiger partial charge on any atom is 0.319 e. The SMILES string of the molecule is COc1ncc(-c2cc3c(n2C(C)C)[C@H](c2ccc(Cl)cc2)N(c2cc(Cl)ccc2C)C3=O)c(OC)n1. The van der Waals surface area contributed by atoms with Crippen molar-refractivity contribution in [2.45, 2.75) is 32.9 Å². The van der Waals surface area contributed by atoms with Crippen molar-refractivity contribution in [1.82, 2.24) is 14.5 Å². The zero-order chi connectivity index (χ0) is 26.4. The van der Waals surface area contributed by atoms with Crippen molar-refractivity contribution in [3.05, 3.63) is 87.2 Å². The molecule has 2 aromatic carbocycles. The van der Waals surface area contributed by atoms with Gasteiger partial charge in [0.25, 0.3) is 5.91 Å². The first-order valence-electron chi connectivity index (χ1n) is 11.8. The molecule has 7 nitrogen and oxygen atoms in total. The Balaban J connectivity index is 1.79. The first-order chi connectivity index (χ1) is 17.7. The average Bonchev–Trinajstić information content (AvgIpc) is 3.40.